The Morgan fingerprint density at radius 3 is 2.80 bits per heavy atom. The number of nitrogens with zero attached hydrogens (tertiary/aromatic N) is 3. The Kier molecular flexibility index (Phi) is 4.87. The number of anilines is 1. The summed E-state index contributed by atoms with van der Waals surface area (Å²) in [5, 5.41) is 4.80. The lowest BCUT2D eigenvalue weighted by Gasteiger charge is -2.23. The second kappa shape index (κ2) is 7.56. The lowest BCUT2D eigenvalue weighted by molar-refractivity contribution is 0.0988. The number of para-hydroxylation sites is 1. The standard InChI is InChI=1S/C23H21N3O2S2/c1-13-11-16(15(3)30-13)18-12-17(21-14(2)25-28-22(21)24-18)23(27)26-9-6-10-29-20-8-5-4-7-19(20)26/h4-5,7-8,11-12H,6,9-10H2,1-3H3. The number of rotatable bonds is 2. The summed E-state index contributed by atoms with van der Waals surface area (Å²) in [6.45, 7) is 6.70. The molecule has 4 heterocycles. The summed E-state index contributed by atoms with van der Waals surface area (Å²) in [5.74, 6) is 0.965. The van der Waals surface area contributed by atoms with Crippen LogP contribution in [0.1, 0.15) is 32.2 Å². The Labute approximate surface area is 183 Å². The highest BCUT2D eigenvalue weighted by atomic mass is 32.2. The second-order valence-electron chi connectivity index (χ2n) is 7.46. The monoisotopic (exact) mass is 435 g/mol. The highest BCUT2D eigenvalue weighted by molar-refractivity contribution is 7.99. The van der Waals surface area contributed by atoms with E-state index in [-0.39, 0.29) is 5.91 Å². The molecule has 0 radical (unpaired) electrons. The first-order chi connectivity index (χ1) is 14.5. The molecule has 0 unspecified atom stereocenters. The molecule has 0 fully saturated rings. The molecule has 0 atom stereocenters. The predicted molar refractivity (Wildman–Crippen MR) is 123 cm³/mol. The van der Waals surface area contributed by atoms with Crippen molar-refractivity contribution in [2.75, 3.05) is 17.2 Å². The van der Waals surface area contributed by atoms with Gasteiger partial charge in [-0.05, 0) is 57.2 Å². The fourth-order valence-electron chi connectivity index (χ4n) is 3.97. The second-order valence-corrected chi connectivity index (χ2v) is 10.1. The first-order valence-corrected chi connectivity index (χ1v) is 11.7. The highest BCUT2D eigenvalue weighted by Crippen LogP contribution is 2.37. The van der Waals surface area contributed by atoms with Gasteiger partial charge in [0, 0.05) is 26.8 Å². The van der Waals surface area contributed by atoms with Crippen molar-refractivity contribution in [2.24, 2.45) is 0 Å². The first-order valence-electron chi connectivity index (χ1n) is 9.91. The van der Waals surface area contributed by atoms with Crippen LogP contribution in [-0.4, -0.2) is 28.3 Å². The van der Waals surface area contributed by atoms with Crippen molar-refractivity contribution in [1.29, 1.82) is 0 Å². The van der Waals surface area contributed by atoms with E-state index in [2.05, 4.69) is 31.1 Å². The van der Waals surface area contributed by atoms with Crippen LogP contribution in [0.4, 0.5) is 5.69 Å². The number of aromatic nitrogens is 2. The zero-order valence-electron chi connectivity index (χ0n) is 17.1. The van der Waals surface area contributed by atoms with Crippen LogP contribution in [0.15, 0.2) is 45.8 Å². The van der Waals surface area contributed by atoms with Crippen molar-refractivity contribution in [1.82, 2.24) is 10.1 Å². The van der Waals surface area contributed by atoms with Crippen molar-refractivity contribution in [2.45, 2.75) is 32.1 Å². The molecule has 7 heteroatoms. The van der Waals surface area contributed by atoms with E-state index in [0.717, 1.165) is 34.0 Å². The van der Waals surface area contributed by atoms with Gasteiger partial charge in [-0.1, -0.05) is 17.3 Å². The van der Waals surface area contributed by atoms with E-state index in [1.807, 2.05) is 36.1 Å². The molecule has 30 heavy (non-hydrogen) atoms. The van der Waals surface area contributed by atoms with Crippen molar-refractivity contribution in [3.8, 4) is 11.3 Å². The van der Waals surface area contributed by atoms with E-state index in [0.29, 0.717) is 28.9 Å². The summed E-state index contributed by atoms with van der Waals surface area (Å²) in [7, 11) is 0. The molecule has 1 aliphatic rings. The number of fused-ring (bicyclic) bond motifs is 2. The summed E-state index contributed by atoms with van der Waals surface area (Å²) in [4.78, 5) is 24.0. The molecule has 152 valence electrons. The average Bonchev–Trinajstić information content (AvgIpc) is 3.20. The molecule has 1 aliphatic heterocycles. The summed E-state index contributed by atoms with van der Waals surface area (Å²) in [6.07, 6.45) is 0.942. The SMILES string of the molecule is Cc1cc(-c2cc(C(=O)N3CCCSc4ccccc43)c3c(C)noc3n2)c(C)s1. The van der Waals surface area contributed by atoms with E-state index < -0.39 is 0 Å². The van der Waals surface area contributed by atoms with Crippen molar-refractivity contribution in [3.05, 3.63) is 57.4 Å². The molecular formula is C23H21N3O2S2. The third kappa shape index (κ3) is 3.22. The third-order valence-electron chi connectivity index (χ3n) is 5.35. The highest BCUT2D eigenvalue weighted by Gasteiger charge is 2.27. The van der Waals surface area contributed by atoms with Gasteiger partial charge in [-0.15, -0.1) is 23.1 Å². The zero-order chi connectivity index (χ0) is 20.8. The summed E-state index contributed by atoms with van der Waals surface area (Å²) >= 11 is 3.53. The minimum atomic E-state index is -0.0329. The normalized spacial score (nSPS) is 14.0. The van der Waals surface area contributed by atoms with Crippen LogP contribution in [0.2, 0.25) is 0 Å². The number of carbonyl (C=O) groups is 1. The van der Waals surface area contributed by atoms with Crippen LogP contribution in [0.5, 0.6) is 0 Å². The maximum absolute atomic E-state index is 13.9. The molecule has 5 rings (SSSR count). The number of hydrogen-bond acceptors (Lipinski definition) is 6. The Morgan fingerprint density at radius 1 is 1.17 bits per heavy atom. The molecule has 0 N–H and O–H groups in total. The third-order valence-corrected chi connectivity index (χ3v) is 7.46. The number of benzene rings is 1. The van der Waals surface area contributed by atoms with Gasteiger partial charge in [0.2, 0.25) is 0 Å². The smallest absolute Gasteiger partial charge is 0.259 e. The van der Waals surface area contributed by atoms with Crippen LogP contribution in [0, 0.1) is 20.8 Å². The minimum Gasteiger partial charge on any atom is -0.335 e. The van der Waals surface area contributed by atoms with E-state index >= 15 is 0 Å². The number of carbonyl (C=O) groups excluding carboxylic acids is 1. The topological polar surface area (TPSA) is 59.2 Å². The van der Waals surface area contributed by atoms with E-state index in [1.165, 1.54) is 9.75 Å². The van der Waals surface area contributed by atoms with Gasteiger partial charge >= 0.3 is 0 Å². The van der Waals surface area contributed by atoms with E-state index in [4.69, 9.17) is 9.51 Å². The van der Waals surface area contributed by atoms with Gasteiger partial charge < -0.3 is 9.42 Å². The lowest BCUT2D eigenvalue weighted by atomic mass is 10.0. The summed E-state index contributed by atoms with van der Waals surface area (Å²) in [6, 6.07) is 12.1. The van der Waals surface area contributed by atoms with Gasteiger partial charge in [0.05, 0.1) is 28.0 Å². The summed E-state index contributed by atoms with van der Waals surface area (Å²) < 4.78 is 5.50. The Hall–Kier alpha value is -2.64. The van der Waals surface area contributed by atoms with Gasteiger partial charge in [-0.2, -0.15) is 0 Å². The Morgan fingerprint density at radius 2 is 2.00 bits per heavy atom. The van der Waals surface area contributed by atoms with E-state index in [9.17, 15) is 4.79 Å². The van der Waals surface area contributed by atoms with Crippen molar-refractivity contribution >= 4 is 45.8 Å². The van der Waals surface area contributed by atoms with Gasteiger partial charge in [-0.25, -0.2) is 4.98 Å². The quantitative estimate of drug-likeness (QED) is 0.385. The lowest BCUT2D eigenvalue weighted by Crippen LogP contribution is -2.32. The number of hydrogen-bond donors (Lipinski definition) is 0. The number of thiophene rings is 1. The number of pyridine rings is 1. The van der Waals surface area contributed by atoms with Crippen LogP contribution in [0.25, 0.3) is 22.4 Å². The average molecular weight is 436 g/mol. The molecule has 0 saturated heterocycles. The fraction of sp³-hybridized carbons (Fsp3) is 0.261. The van der Waals surface area contributed by atoms with Crippen molar-refractivity contribution < 1.29 is 9.32 Å². The molecule has 1 aromatic carbocycles. The molecule has 0 saturated carbocycles. The zero-order valence-corrected chi connectivity index (χ0v) is 18.7. The molecule has 1 amide bonds. The molecule has 0 bridgehead atoms. The maximum Gasteiger partial charge on any atom is 0.259 e. The first kappa shape index (κ1) is 19.3. The van der Waals surface area contributed by atoms with E-state index in [1.54, 1.807) is 23.1 Å². The Bertz CT molecular complexity index is 1270. The minimum absolute atomic E-state index is 0.0329. The van der Waals surface area contributed by atoms with Gasteiger partial charge in [0.1, 0.15) is 0 Å². The number of amides is 1. The number of thioether (sulfide) groups is 1. The molecule has 4 aromatic rings. The van der Waals surface area contributed by atoms with Gasteiger partial charge in [-0.3, -0.25) is 4.79 Å². The molecule has 3 aromatic heterocycles. The van der Waals surface area contributed by atoms with Crippen LogP contribution in [0.3, 0.4) is 0 Å². The van der Waals surface area contributed by atoms with Crippen molar-refractivity contribution in [3.63, 3.8) is 0 Å². The van der Waals surface area contributed by atoms with Crippen LogP contribution in [-0.2, 0) is 0 Å². The largest absolute Gasteiger partial charge is 0.335 e. The molecule has 5 nitrogen and oxygen atoms in total. The van der Waals surface area contributed by atoms with Gasteiger partial charge in [0.25, 0.3) is 11.6 Å². The van der Waals surface area contributed by atoms with Crippen LogP contribution < -0.4 is 4.90 Å². The molecule has 0 spiro atoms. The number of aryl methyl sites for hydroxylation is 3. The molecule has 0 aliphatic carbocycles. The summed E-state index contributed by atoms with van der Waals surface area (Å²) in [5.41, 5.74) is 4.44. The Balaban J connectivity index is 1.69. The van der Waals surface area contributed by atoms with Crippen LogP contribution >= 0.6 is 23.1 Å². The fourth-order valence-corrected chi connectivity index (χ4v) is 5.90. The van der Waals surface area contributed by atoms with Gasteiger partial charge in [0.15, 0.2) is 0 Å². The predicted octanol–water partition coefficient (Wildman–Crippen LogP) is 6.02. The maximum atomic E-state index is 13.9. The molecular weight excluding hydrogens is 414 g/mol.